The van der Waals surface area contributed by atoms with Crippen molar-refractivity contribution in [3.8, 4) is 0 Å². The lowest BCUT2D eigenvalue weighted by Crippen LogP contribution is -2.53. The summed E-state index contributed by atoms with van der Waals surface area (Å²) in [6.45, 7) is 15.2. The van der Waals surface area contributed by atoms with E-state index in [0.717, 1.165) is 12.5 Å². The van der Waals surface area contributed by atoms with Gasteiger partial charge in [-0.2, -0.15) is 0 Å². The quantitative estimate of drug-likeness (QED) is 0.729. The lowest BCUT2D eigenvalue weighted by molar-refractivity contribution is 0.266. The molecule has 4 nitrogen and oxygen atoms in total. The van der Waals surface area contributed by atoms with Crippen molar-refractivity contribution in [2.24, 2.45) is 5.41 Å². The first-order valence-electron chi connectivity index (χ1n) is 6.76. The third-order valence-corrected chi connectivity index (χ3v) is 16.9. The molecule has 1 aliphatic heterocycles. The zero-order valence-corrected chi connectivity index (χ0v) is 17.2. The molecule has 2 atom stereocenters. The second kappa shape index (κ2) is 6.44. The smallest absolute Gasteiger partial charge is 0.317 e. The van der Waals surface area contributed by atoms with E-state index in [0.29, 0.717) is 5.41 Å². The highest BCUT2D eigenvalue weighted by Gasteiger charge is 2.39. The van der Waals surface area contributed by atoms with E-state index >= 15 is 0 Å². The summed E-state index contributed by atoms with van der Waals surface area (Å²) in [6, 6.07) is 1.04. The fraction of sp³-hybridized carbons (Fsp3) is 1.00. The molecule has 0 N–H and O–H groups in total. The molecular formula is C10H28O4Si4. The zero-order chi connectivity index (χ0) is 14.0. The molecule has 0 aromatic carbocycles. The summed E-state index contributed by atoms with van der Waals surface area (Å²) in [4.78, 5) is 0. The highest BCUT2D eigenvalue weighted by molar-refractivity contribution is 6.81. The second-order valence-electron chi connectivity index (χ2n) is 6.41. The zero-order valence-electron chi connectivity index (χ0n) is 12.8. The van der Waals surface area contributed by atoms with Gasteiger partial charge in [0.1, 0.15) is 0 Å². The first-order chi connectivity index (χ1) is 8.10. The molecule has 8 heteroatoms. The maximum atomic E-state index is 6.24. The summed E-state index contributed by atoms with van der Waals surface area (Å²) in [5.74, 6) is 0. The molecule has 1 rings (SSSR count). The van der Waals surface area contributed by atoms with Crippen LogP contribution in [0, 0.1) is 5.41 Å². The number of rotatable bonds is 2. The van der Waals surface area contributed by atoms with Gasteiger partial charge in [0.2, 0.25) is 0 Å². The summed E-state index contributed by atoms with van der Waals surface area (Å²) in [6.07, 6.45) is 1.13. The van der Waals surface area contributed by atoms with Gasteiger partial charge in [0.05, 0.1) is 0 Å². The largest absolute Gasteiger partial charge is 0.420 e. The van der Waals surface area contributed by atoms with Crippen molar-refractivity contribution >= 4 is 36.4 Å². The Hall–Kier alpha value is 0.708. The van der Waals surface area contributed by atoms with Crippen molar-refractivity contribution in [3.05, 3.63) is 0 Å². The Bertz CT molecular complexity index is 257. The maximum absolute atomic E-state index is 6.24. The summed E-state index contributed by atoms with van der Waals surface area (Å²) in [7, 11) is -6.73. The molecule has 1 saturated heterocycles. The van der Waals surface area contributed by atoms with Crippen LogP contribution in [0.5, 0.6) is 0 Å². The van der Waals surface area contributed by atoms with E-state index < -0.39 is 36.4 Å². The van der Waals surface area contributed by atoms with Gasteiger partial charge in [0.15, 0.2) is 0 Å². The van der Waals surface area contributed by atoms with Gasteiger partial charge in [-0.25, -0.2) is 0 Å². The minimum Gasteiger partial charge on any atom is -0.420 e. The molecule has 0 saturated carbocycles. The predicted molar refractivity (Wildman–Crippen MR) is 83.9 cm³/mol. The van der Waals surface area contributed by atoms with Crippen molar-refractivity contribution < 1.29 is 16.5 Å². The monoisotopic (exact) mass is 324 g/mol. The van der Waals surface area contributed by atoms with Crippen LogP contribution < -0.4 is 0 Å². The molecule has 0 aromatic rings. The van der Waals surface area contributed by atoms with E-state index in [4.69, 9.17) is 16.5 Å². The molecule has 2 unspecified atom stereocenters. The van der Waals surface area contributed by atoms with Crippen LogP contribution in [0.25, 0.3) is 0 Å². The topological polar surface area (TPSA) is 36.9 Å². The number of hydrogen-bond acceptors (Lipinski definition) is 4. The van der Waals surface area contributed by atoms with Crippen LogP contribution >= 0.6 is 0 Å². The molecule has 1 aliphatic rings. The maximum Gasteiger partial charge on any atom is 0.317 e. The van der Waals surface area contributed by atoms with E-state index in [1.165, 1.54) is 0 Å². The highest BCUT2D eigenvalue weighted by atomic mass is 28.5. The fourth-order valence-electron chi connectivity index (χ4n) is 2.08. The lowest BCUT2D eigenvalue weighted by atomic mass is 9.94. The van der Waals surface area contributed by atoms with Crippen LogP contribution in [0.3, 0.4) is 0 Å². The Morgan fingerprint density at radius 3 is 1.72 bits per heavy atom. The predicted octanol–water partition coefficient (Wildman–Crippen LogP) is 2.13. The number of hydrogen-bond donors (Lipinski definition) is 0. The Morgan fingerprint density at radius 2 is 1.33 bits per heavy atom. The normalized spacial score (nSPS) is 39.2. The summed E-state index contributed by atoms with van der Waals surface area (Å²) in [5, 5.41) is 0. The third kappa shape index (κ3) is 6.24. The van der Waals surface area contributed by atoms with Crippen molar-refractivity contribution in [3.63, 3.8) is 0 Å². The molecule has 0 bridgehead atoms. The minimum absolute atomic E-state index is 0.324. The van der Waals surface area contributed by atoms with E-state index in [1.807, 2.05) is 0 Å². The standard InChI is InChI=1S/C10H28O4Si4/c1-10(2,3)8-9-18(7)13-16(5)11-15(4)12-17(6)14-18/h15-17H,8-9H2,1-7H3. The average Bonchev–Trinajstić information content (AvgIpc) is 2.10. The molecule has 0 spiro atoms. The highest BCUT2D eigenvalue weighted by Crippen LogP contribution is 2.29. The van der Waals surface area contributed by atoms with Gasteiger partial charge in [-0.1, -0.05) is 20.8 Å². The molecule has 0 radical (unpaired) electrons. The molecule has 0 amide bonds. The van der Waals surface area contributed by atoms with E-state index in [-0.39, 0.29) is 0 Å². The molecule has 108 valence electrons. The molecule has 1 fully saturated rings. The first-order valence-corrected chi connectivity index (χ1v) is 15.6. The third-order valence-electron chi connectivity index (χ3n) is 2.93. The minimum atomic E-state index is -2.09. The van der Waals surface area contributed by atoms with Gasteiger partial charge in [-0.05, 0) is 44.1 Å². The second-order valence-corrected chi connectivity index (χ2v) is 16.6. The van der Waals surface area contributed by atoms with Gasteiger partial charge >= 0.3 is 8.56 Å². The van der Waals surface area contributed by atoms with E-state index in [2.05, 4.69) is 47.0 Å². The SMILES string of the molecule is C[SiH]1O[SiH](C)O[Si](C)(CCC(C)(C)C)O[SiH](C)O1. The van der Waals surface area contributed by atoms with Crippen LogP contribution in [0.2, 0.25) is 32.2 Å². The van der Waals surface area contributed by atoms with Crippen LogP contribution in [0.4, 0.5) is 0 Å². The summed E-state index contributed by atoms with van der Waals surface area (Å²) >= 11 is 0. The van der Waals surface area contributed by atoms with Gasteiger partial charge in [-0.3, -0.25) is 0 Å². The van der Waals surface area contributed by atoms with Crippen LogP contribution in [-0.4, -0.2) is 36.4 Å². The van der Waals surface area contributed by atoms with Gasteiger partial charge in [0, 0.05) is 0 Å². The van der Waals surface area contributed by atoms with Gasteiger partial charge < -0.3 is 16.5 Å². The lowest BCUT2D eigenvalue weighted by Gasteiger charge is -2.38. The summed E-state index contributed by atoms with van der Waals surface area (Å²) < 4.78 is 24.3. The Morgan fingerprint density at radius 1 is 0.889 bits per heavy atom. The Kier molecular flexibility index (Phi) is 6.00. The van der Waals surface area contributed by atoms with Crippen LogP contribution in [-0.2, 0) is 16.5 Å². The molecular weight excluding hydrogens is 296 g/mol. The van der Waals surface area contributed by atoms with Crippen LogP contribution in [0.15, 0.2) is 0 Å². The Labute approximate surface area is 118 Å². The molecule has 1 heterocycles. The van der Waals surface area contributed by atoms with Crippen molar-refractivity contribution in [2.75, 3.05) is 0 Å². The Balaban J connectivity index is 2.65. The van der Waals surface area contributed by atoms with Crippen molar-refractivity contribution in [1.82, 2.24) is 0 Å². The van der Waals surface area contributed by atoms with E-state index in [1.54, 1.807) is 0 Å². The first kappa shape index (κ1) is 16.8. The van der Waals surface area contributed by atoms with Gasteiger partial charge in [-0.15, -0.1) is 0 Å². The van der Waals surface area contributed by atoms with Gasteiger partial charge in [0.25, 0.3) is 27.9 Å². The summed E-state index contributed by atoms with van der Waals surface area (Å²) in [5.41, 5.74) is 0.324. The molecule has 0 aliphatic carbocycles. The average molecular weight is 325 g/mol. The van der Waals surface area contributed by atoms with Crippen LogP contribution in [0.1, 0.15) is 27.2 Å². The van der Waals surface area contributed by atoms with E-state index in [9.17, 15) is 0 Å². The molecule has 18 heavy (non-hydrogen) atoms. The molecule has 0 aromatic heterocycles. The van der Waals surface area contributed by atoms with Crippen molar-refractivity contribution in [2.45, 2.75) is 59.4 Å². The van der Waals surface area contributed by atoms with Crippen molar-refractivity contribution in [1.29, 1.82) is 0 Å². The fourth-order valence-corrected chi connectivity index (χ4v) is 17.2.